The van der Waals surface area contributed by atoms with Crippen LogP contribution in [0.5, 0.6) is 0 Å². The summed E-state index contributed by atoms with van der Waals surface area (Å²) in [5.41, 5.74) is 1.18. The highest BCUT2D eigenvalue weighted by Crippen LogP contribution is 2.13. The quantitative estimate of drug-likeness (QED) is 0.926. The van der Waals surface area contributed by atoms with Gasteiger partial charge in [0.2, 0.25) is 0 Å². The van der Waals surface area contributed by atoms with Gasteiger partial charge in [-0.2, -0.15) is 0 Å². The van der Waals surface area contributed by atoms with E-state index in [-0.39, 0.29) is 12.2 Å². The Morgan fingerprint density at radius 3 is 3.12 bits per heavy atom. The van der Waals surface area contributed by atoms with Crippen LogP contribution in [-0.4, -0.2) is 31.9 Å². The molecule has 1 fully saturated rings. The van der Waals surface area contributed by atoms with Crippen LogP contribution in [0.25, 0.3) is 0 Å². The molecule has 94 valence electrons. The standard InChI is InChI=1S/C13H18BrNO2/c1-10-6-15-7-13(17-10)9-16-8-11-3-2-4-12(14)5-11/h2-5,10,13,15H,6-9H2,1H3. The Balaban J connectivity index is 1.72. The SMILES string of the molecule is CC1CNCC(COCc2cccc(Br)c2)O1. The zero-order valence-corrected chi connectivity index (χ0v) is 11.6. The van der Waals surface area contributed by atoms with Crippen molar-refractivity contribution < 1.29 is 9.47 Å². The lowest BCUT2D eigenvalue weighted by Gasteiger charge is -2.28. The minimum Gasteiger partial charge on any atom is -0.374 e. The molecule has 1 aliphatic rings. The molecule has 0 saturated carbocycles. The van der Waals surface area contributed by atoms with Gasteiger partial charge in [-0.15, -0.1) is 0 Å². The summed E-state index contributed by atoms with van der Waals surface area (Å²) in [6.07, 6.45) is 0.453. The molecule has 17 heavy (non-hydrogen) atoms. The summed E-state index contributed by atoms with van der Waals surface area (Å²) in [4.78, 5) is 0. The van der Waals surface area contributed by atoms with E-state index in [0.29, 0.717) is 13.2 Å². The van der Waals surface area contributed by atoms with Crippen molar-refractivity contribution in [1.82, 2.24) is 5.32 Å². The molecule has 0 aromatic heterocycles. The predicted octanol–water partition coefficient (Wildman–Crippen LogP) is 2.34. The third-order valence-corrected chi connectivity index (χ3v) is 3.18. The van der Waals surface area contributed by atoms with E-state index in [1.165, 1.54) is 5.56 Å². The molecule has 1 aromatic rings. The van der Waals surface area contributed by atoms with Crippen LogP contribution in [0.4, 0.5) is 0 Å². The maximum Gasteiger partial charge on any atom is 0.0936 e. The van der Waals surface area contributed by atoms with Gasteiger partial charge in [0.15, 0.2) is 0 Å². The van der Waals surface area contributed by atoms with Crippen LogP contribution in [0.15, 0.2) is 28.7 Å². The van der Waals surface area contributed by atoms with E-state index in [1.54, 1.807) is 0 Å². The predicted molar refractivity (Wildman–Crippen MR) is 71.0 cm³/mol. The van der Waals surface area contributed by atoms with E-state index in [9.17, 15) is 0 Å². The molecule has 2 rings (SSSR count). The molecular weight excluding hydrogens is 282 g/mol. The molecule has 1 N–H and O–H groups in total. The van der Waals surface area contributed by atoms with Crippen LogP contribution in [0.3, 0.4) is 0 Å². The molecule has 4 heteroatoms. The fraction of sp³-hybridized carbons (Fsp3) is 0.538. The second-order valence-corrected chi connectivity index (χ2v) is 5.29. The van der Waals surface area contributed by atoms with E-state index in [1.807, 2.05) is 12.1 Å². The Kier molecular flexibility index (Phi) is 4.98. The summed E-state index contributed by atoms with van der Waals surface area (Å²) < 4.78 is 12.5. The van der Waals surface area contributed by atoms with Gasteiger partial charge in [-0.3, -0.25) is 0 Å². The third kappa shape index (κ3) is 4.39. The van der Waals surface area contributed by atoms with Crippen molar-refractivity contribution in [3.8, 4) is 0 Å². The largest absolute Gasteiger partial charge is 0.374 e. The molecule has 2 unspecified atom stereocenters. The fourth-order valence-electron chi connectivity index (χ4n) is 1.91. The zero-order valence-electron chi connectivity index (χ0n) is 9.99. The molecule has 1 saturated heterocycles. The monoisotopic (exact) mass is 299 g/mol. The molecule has 1 aliphatic heterocycles. The summed E-state index contributed by atoms with van der Waals surface area (Å²) in [5, 5.41) is 3.33. The normalized spacial score (nSPS) is 24.8. The highest BCUT2D eigenvalue weighted by Gasteiger charge is 2.18. The van der Waals surface area contributed by atoms with Crippen molar-refractivity contribution in [2.45, 2.75) is 25.7 Å². The number of hydrogen-bond donors (Lipinski definition) is 1. The number of nitrogens with one attached hydrogen (secondary N) is 1. The van der Waals surface area contributed by atoms with Crippen molar-refractivity contribution in [3.05, 3.63) is 34.3 Å². The molecule has 1 heterocycles. The lowest BCUT2D eigenvalue weighted by Crippen LogP contribution is -2.45. The van der Waals surface area contributed by atoms with Crippen molar-refractivity contribution in [3.63, 3.8) is 0 Å². The summed E-state index contributed by atoms with van der Waals surface area (Å²) in [6.45, 7) is 5.16. The highest BCUT2D eigenvalue weighted by atomic mass is 79.9. The van der Waals surface area contributed by atoms with E-state index in [4.69, 9.17) is 9.47 Å². The average Bonchev–Trinajstić information content (AvgIpc) is 2.29. The second-order valence-electron chi connectivity index (χ2n) is 4.37. The first kappa shape index (κ1) is 13.0. The number of benzene rings is 1. The Morgan fingerprint density at radius 1 is 1.47 bits per heavy atom. The average molecular weight is 300 g/mol. The van der Waals surface area contributed by atoms with E-state index in [2.05, 4.69) is 40.3 Å². The van der Waals surface area contributed by atoms with Crippen molar-refractivity contribution in [2.75, 3.05) is 19.7 Å². The number of hydrogen-bond acceptors (Lipinski definition) is 3. The summed E-state index contributed by atoms with van der Waals surface area (Å²) in [7, 11) is 0. The smallest absolute Gasteiger partial charge is 0.0936 e. The van der Waals surface area contributed by atoms with Gasteiger partial charge in [0.25, 0.3) is 0 Å². The lowest BCUT2D eigenvalue weighted by atomic mass is 10.2. The van der Waals surface area contributed by atoms with Gasteiger partial charge >= 0.3 is 0 Å². The molecule has 1 aromatic carbocycles. The van der Waals surface area contributed by atoms with E-state index >= 15 is 0 Å². The highest BCUT2D eigenvalue weighted by molar-refractivity contribution is 9.10. The van der Waals surface area contributed by atoms with Gasteiger partial charge in [0, 0.05) is 17.6 Å². The van der Waals surface area contributed by atoms with Crippen LogP contribution >= 0.6 is 15.9 Å². The van der Waals surface area contributed by atoms with E-state index in [0.717, 1.165) is 17.6 Å². The van der Waals surface area contributed by atoms with Gasteiger partial charge in [-0.25, -0.2) is 0 Å². The van der Waals surface area contributed by atoms with Gasteiger partial charge in [-0.05, 0) is 24.6 Å². The maximum atomic E-state index is 5.75. The van der Waals surface area contributed by atoms with Crippen molar-refractivity contribution >= 4 is 15.9 Å². The summed E-state index contributed by atoms with van der Waals surface area (Å²) in [5.74, 6) is 0. The second kappa shape index (κ2) is 6.50. The lowest BCUT2D eigenvalue weighted by molar-refractivity contribution is -0.0716. The number of rotatable bonds is 4. The van der Waals surface area contributed by atoms with Crippen LogP contribution in [0, 0.1) is 0 Å². The fourth-order valence-corrected chi connectivity index (χ4v) is 2.35. The Morgan fingerprint density at radius 2 is 2.35 bits per heavy atom. The first-order valence-electron chi connectivity index (χ1n) is 5.92. The zero-order chi connectivity index (χ0) is 12.1. The molecule has 0 bridgehead atoms. The van der Waals surface area contributed by atoms with E-state index < -0.39 is 0 Å². The van der Waals surface area contributed by atoms with Gasteiger partial charge in [0.05, 0.1) is 25.4 Å². The van der Waals surface area contributed by atoms with Crippen molar-refractivity contribution in [1.29, 1.82) is 0 Å². The van der Waals surface area contributed by atoms with Crippen LogP contribution < -0.4 is 5.32 Å². The molecule has 0 aliphatic carbocycles. The Hall–Kier alpha value is -0.420. The number of halogens is 1. The molecule has 3 nitrogen and oxygen atoms in total. The minimum absolute atomic E-state index is 0.172. The van der Waals surface area contributed by atoms with Crippen molar-refractivity contribution in [2.24, 2.45) is 0 Å². The first-order chi connectivity index (χ1) is 8.24. The van der Waals surface area contributed by atoms with Crippen LogP contribution in [-0.2, 0) is 16.1 Å². The topological polar surface area (TPSA) is 30.5 Å². The van der Waals surface area contributed by atoms with Gasteiger partial charge < -0.3 is 14.8 Å². The third-order valence-electron chi connectivity index (χ3n) is 2.69. The number of morpholine rings is 1. The van der Waals surface area contributed by atoms with Crippen LogP contribution in [0.2, 0.25) is 0 Å². The summed E-state index contributed by atoms with van der Waals surface area (Å²) >= 11 is 3.45. The molecular formula is C13H18BrNO2. The first-order valence-corrected chi connectivity index (χ1v) is 6.71. The minimum atomic E-state index is 0.172. The Labute approximate surface area is 111 Å². The van der Waals surface area contributed by atoms with Gasteiger partial charge in [-0.1, -0.05) is 28.1 Å². The number of ether oxygens (including phenoxy) is 2. The maximum absolute atomic E-state index is 5.75. The molecule has 0 radical (unpaired) electrons. The van der Waals surface area contributed by atoms with Crippen LogP contribution in [0.1, 0.15) is 12.5 Å². The molecule has 2 atom stereocenters. The molecule has 0 spiro atoms. The molecule has 0 amide bonds. The summed E-state index contributed by atoms with van der Waals surface area (Å²) in [6, 6.07) is 8.17. The van der Waals surface area contributed by atoms with Gasteiger partial charge in [0.1, 0.15) is 0 Å². The Bertz CT molecular complexity index is 359.